The number of amidine groups is 1. The zero-order valence-corrected chi connectivity index (χ0v) is 11.0. The maximum Gasteiger partial charge on any atom is 0.244 e. The van der Waals surface area contributed by atoms with E-state index in [4.69, 9.17) is 11.1 Å². The molecule has 0 aliphatic heterocycles. The molecule has 0 aliphatic carbocycles. The van der Waals surface area contributed by atoms with Crippen LogP contribution >= 0.6 is 0 Å². The van der Waals surface area contributed by atoms with Gasteiger partial charge in [0, 0.05) is 0 Å². The Morgan fingerprint density at radius 2 is 1.94 bits per heavy atom. The van der Waals surface area contributed by atoms with E-state index in [1.807, 2.05) is 0 Å². The Morgan fingerprint density at radius 3 is 2.39 bits per heavy atom. The van der Waals surface area contributed by atoms with Crippen LogP contribution in [0.15, 0.2) is 29.2 Å². The van der Waals surface area contributed by atoms with Crippen LogP contribution in [-0.2, 0) is 10.0 Å². The predicted octanol–water partition coefficient (Wildman–Crippen LogP) is 1.06. The van der Waals surface area contributed by atoms with Gasteiger partial charge in [-0.2, -0.15) is 0 Å². The quantitative estimate of drug-likeness (QED) is 0.553. The predicted molar refractivity (Wildman–Crippen MR) is 67.3 cm³/mol. The van der Waals surface area contributed by atoms with Crippen molar-refractivity contribution in [1.82, 2.24) is 4.72 Å². The first-order valence-corrected chi connectivity index (χ1v) is 6.85. The van der Waals surface area contributed by atoms with E-state index in [2.05, 4.69) is 4.72 Å². The van der Waals surface area contributed by atoms with Crippen molar-refractivity contribution in [1.29, 1.82) is 5.41 Å². The van der Waals surface area contributed by atoms with Crippen molar-refractivity contribution in [3.63, 3.8) is 0 Å². The molecule has 1 aromatic carbocycles. The third kappa shape index (κ3) is 3.27. The van der Waals surface area contributed by atoms with Gasteiger partial charge in [0.1, 0.15) is 16.5 Å². The number of rotatable bonds is 5. The summed E-state index contributed by atoms with van der Waals surface area (Å²) in [6, 6.07) is 4.20. The Labute approximate surface area is 106 Å². The number of hydrogen-bond donors (Lipinski definition) is 3. The fourth-order valence-electron chi connectivity index (χ4n) is 1.45. The largest absolute Gasteiger partial charge is 0.386 e. The first-order valence-electron chi connectivity index (χ1n) is 5.36. The molecule has 1 rings (SSSR count). The van der Waals surface area contributed by atoms with Crippen molar-refractivity contribution in [2.24, 2.45) is 11.7 Å². The second kappa shape index (κ2) is 5.45. The van der Waals surface area contributed by atoms with E-state index >= 15 is 0 Å². The van der Waals surface area contributed by atoms with E-state index in [0.717, 1.165) is 12.1 Å². The topological polar surface area (TPSA) is 96.0 Å². The number of hydrogen-bond acceptors (Lipinski definition) is 3. The third-order valence-corrected chi connectivity index (χ3v) is 3.88. The van der Waals surface area contributed by atoms with Crippen molar-refractivity contribution in [3.8, 4) is 0 Å². The zero-order chi connectivity index (χ0) is 13.9. The van der Waals surface area contributed by atoms with E-state index in [0.29, 0.717) is 0 Å². The Hall–Kier alpha value is -1.47. The minimum absolute atomic E-state index is 0.205. The Morgan fingerprint density at radius 1 is 1.39 bits per heavy atom. The van der Waals surface area contributed by atoms with Crippen LogP contribution in [0.25, 0.3) is 0 Å². The number of benzene rings is 1. The molecule has 0 radical (unpaired) electrons. The molecular weight excluding hydrogens is 257 g/mol. The van der Waals surface area contributed by atoms with Crippen molar-refractivity contribution in [2.75, 3.05) is 0 Å². The molecule has 0 saturated heterocycles. The van der Waals surface area contributed by atoms with Crippen molar-refractivity contribution >= 4 is 15.9 Å². The molecule has 0 amide bonds. The molecule has 7 heteroatoms. The highest BCUT2D eigenvalue weighted by molar-refractivity contribution is 7.89. The maximum absolute atomic E-state index is 13.4. The summed E-state index contributed by atoms with van der Waals surface area (Å²) in [5.41, 5.74) is 5.32. The van der Waals surface area contributed by atoms with Crippen LogP contribution in [-0.4, -0.2) is 20.3 Å². The zero-order valence-electron chi connectivity index (χ0n) is 10.1. The van der Waals surface area contributed by atoms with Gasteiger partial charge in [0.2, 0.25) is 10.0 Å². The standard InChI is InChI=1S/C11H16FN3O2S/c1-7(2)10(11(13)14)15-18(16,17)9-6-4-3-5-8(9)12/h3-7,10,15H,1-2H3,(H3,13,14). The van der Waals surface area contributed by atoms with E-state index in [-0.39, 0.29) is 11.8 Å². The van der Waals surface area contributed by atoms with Crippen molar-refractivity contribution in [3.05, 3.63) is 30.1 Å². The van der Waals surface area contributed by atoms with E-state index in [1.165, 1.54) is 12.1 Å². The summed E-state index contributed by atoms with van der Waals surface area (Å²) < 4.78 is 39.6. The average molecular weight is 273 g/mol. The van der Waals surface area contributed by atoms with Crippen LogP contribution in [0.3, 0.4) is 0 Å². The fourth-order valence-corrected chi connectivity index (χ4v) is 2.89. The molecule has 100 valence electrons. The number of nitrogens with one attached hydrogen (secondary N) is 2. The molecule has 0 saturated carbocycles. The smallest absolute Gasteiger partial charge is 0.244 e. The molecule has 4 N–H and O–H groups in total. The summed E-state index contributed by atoms with van der Waals surface area (Å²) >= 11 is 0. The van der Waals surface area contributed by atoms with Crippen LogP contribution in [0.2, 0.25) is 0 Å². The summed E-state index contributed by atoms with van der Waals surface area (Å²) in [5.74, 6) is -1.34. The van der Waals surface area contributed by atoms with Gasteiger partial charge in [-0.1, -0.05) is 26.0 Å². The molecule has 0 aliphatic rings. The highest BCUT2D eigenvalue weighted by Gasteiger charge is 2.26. The monoisotopic (exact) mass is 273 g/mol. The van der Waals surface area contributed by atoms with Crippen LogP contribution in [0.1, 0.15) is 13.8 Å². The number of nitrogens with two attached hydrogens (primary N) is 1. The lowest BCUT2D eigenvalue weighted by Crippen LogP contribution is -2.47. The minimum atomic E-state index is -4.03. The van der Waals surface area contributed by atoms with Crippen LogP contribution in [0, 0.1) is 17.1 Å². The highest BCUT2D eigenvalue weighted by Crippen LogP contribution is 2.15. The molecule has 0 bridgehead atoms. The molecule has 1 aromatic rings. The van der Waals surface area contributed by atoms with E-state index in [1.54, 1.807) is 13.8 Å². The van der Waals surface area contributed by atoms with Crippen molar-refractivity contribution < 1.29 is 12.8 Å². The second-order valence-corrected chi connectivity index (χ2v) is 5.91. The van der Waals surface area contributed by atoms with Gasteiger partial charge in [0.15, 0.2) is 0 Å². The normalized spacial score (nSPS) is 13.6. The number of halogens is 1. The van der Waals surface area contributed by atoms with Gasteiger partial charge in [-0.3, -0.25) is 5.41 Å². The summed E-state index contributed by atoms with van der Waals surface area (Å²) in [7, 11) is -4.03. The van der Waals surface area contributed by atoms with Gasteiger partial charge in [-0.05, 0) is 18.1 Å². The molecule has 0 spiro atoms. The van der Waals surface area contributed by atoms with Gasteiger partial charge in [0.25, 0.3) is 0 Å². The lowest BCUT2D eigenvalue weighted by atomic mass is 10.1. The minimum Gasteiger partial charge on any atom is -0.386 e. The van der Waals surface area contributed by atoms with Crippen LogP contribution in [0.5, 0.6) is 0 Å². The number of sulfonamides is 1. The van der Waals surface area contributed by atoms with Gasteiger partial charge in [-0.15, -0.1) is 0 Å². The average Bonchev–Trinajstić information content (AvgIpc) is 2.25. The van der Waals surface area contributed by atoms with Gasteiger partial charge < -0.3 is 5.73 Å². The molecule has 1 unspecified atom stereocenters. The van der Waals surface area contributed by atoms with E-state index < -0.39 is 26.8 Å². The molecule has 18 heavy (non-hydrogen) atoms. The lowest BCUT2D eigenvalue weighted by molar-refractivity contribution is 0.514. The second-order valence-electron chi connectivity index (χ2n) is 4.23. The summed E-state index contributed by atoms with van der Waals surface area (Å²) in [6.45, 7) is 3.44. The van der Waals surface area contributed by atoms with Gasteiger partial charge >= 0.3 is 0 Å². The molecule has 0 heterocycles. The molecule has 5 nitrogen and oxygen atoms in total. The Bertz CT molecular complexity index is 543. The summed E-state index contributed by atoms with van der Waals surface area (Å²) in [6.07, 6.45) is 0. The van der Waals surface area contributed by atoms with Gasteiger partial charge in [0.05, 0.1) is 6.04 Å². The third-order valence-electron chi connectivity index (χ3n) is 2.41. The fraction of sp³-hybridized carbons (Fsp3) is 0.364. The van der Waals surface area contributed by atoms with Gasteiger partial charge in [-0.25, -0.2) is 17.5 Å². The first-order chi connectivity index (χ1) is 8.25. The summed E-state index contributed by atoms with van der Waals surface area (Å²) in [4.78, 5) is -0.447. The SMILES string of the molecule is CC(C)C(NS(=O)(=O)c1ccccc1F)C(=N)N. The lowest BCUT2D eigenvalue weighted by Gasteiger charge is -2.20. The molecule has 0 fully saturated rings. The molecule has 1 atom stereocenters. The van der Waals surface area contributed by atoms with Crippen LogP contribution < -0.4 is 10.5 Å². The maximum atomic E-state index is 13.4. The van der Waals surface area contributed by atoms with Crippen LogP contribution in [0.4, 0.5) is 4.39 Å². The Kier molecular flexibility index (Phi) is 4.42. The molecule has 0 aromatic heterocycles. The Balaban J connectivity index is 3.09. The van der Waals surface area contributed by atoms with E-state index in [9.17, 15) is 12.8 Å². The summed E-state index contributed by atoms with van der Waals surface area (Å²) in [5, 5.41) is 7.34. The first kappa shape index (κ1) is 14.6. The highest BCUT2D eigenvalue weighted by atomic mass is 32.2. The van der Waals surface area contributed by atoms with Crippen molar-refractivity contribution in [2.45, 2.75) is 24.8 Å². The molecular formula is C11H16FN3O2S.